The number of nitrogens with two attached hydrogens (primary N) is 2. The van der Waals surface area contributed by atoms with Crippen molar-refractivity contribution in [3.8, 4) is 0 Å². The maximum absolute atomic E-state index is 10.4. The Balaban J connectivity index is 0. The number of primary amides is 1. The topological polar surface area (TPSA) is 122 Å². The molecule has 0 saturated heterocycles. The van der Waals surface area contributed by atoms with Gasteiger partial charge in [0.05, 0.1) is 0 Å². The first-order valence-corrected chi connectivity index (χ1v) is 2.92. The average molecular weight is 215 g/mol. The number of hydrogen-bond acceptors (Lipinski definition) is 3. The molecule has 0 fully saturated rings. The van der Waals surface area contributed by atoms with E-state index in [1.165, 1.54) is 0 Å². The minimum atomic E-state index is -1.32. The third-order valence-corrected chi connectivity index (χ3v) is 1.04. The van der Waals surface area contributed by atoms with E-state index in [0.29, 0.717) is 0 Å². The van der Waals surface area contributed by atoms with Gasteiger partial charge in [0.1, 0.15) is 5.84 Å². The number of amidine groups is 1. The fraction of sp³-hybridized carbons (Fsp3) is 0.250. The maximum Gasteiger partial charge on any atom is 0.313 e. The molecular formula is C4H8Cl2N4O2. The predicted molar refractivity (Wildman–Crippen MR) is 46.5 cm³/mol. The summed E-state index contributed by atoms with van der Waals surface area (Å²) >= 11 is 4.95. The smallest absolute Gasteiger partial charge is 0.313 e. The second-order valence-electron chi connectivity index (χ2n) is 1.70. The number of halogens is 2. The number of amides is 2. The molecule has 0 saturated carbocycles. The monoisotopic (exact) mass is 214 g/mol. The molecule has 0 spiro atoms. The Bertz CT molecular complexity index is 193. The Morgan fingerprint density at radius 2 is 1.83 bits per heavy atom. The third-order valence-electron chi connectivity index (χ3n) is 0.825. The molecule has 6 N–H and O–H groups in total. The van der Waals surface area contributed by atoms with E-state index in [4.69, 9.17) is 22.7 Å². The van der Waals surface area contributed by atoms with Gasteiger partial charge in [0, 0.05) is 0 Å². The first-order chi connectivity index (χ1) is 4.95. The summed E-state index contributed by atoms with van der Waals surface area (Å²) in [4.78, 5) is 20.6. The molecule has 0 aromatic rings. The zero-order valence-electron chi connectivity index (χ0n) is 5.83. The van der Waals surface area contributed by atoms with Crippen molar-refractivity contribution < 1.29 is 9.59 Å². The van der Waals surface area contributed by atoms with Gasteiger partial charge in [0.2, 0.25) is 0 Å². The molecule has 0 aliphatic rings. The standard InChI is InChI=1S/C4H7ClN4O2.ClH/c5-2(10)1(3(6)7)9-4(8)11;/h1H,(H3,6,7)(H3,8,9,11);1H. The molecule has 0 aromatic carbocycles. The summed E-state index contributed by atoms with van der Waals surface area (Å²) in [5, 5.41) is 7.72. The van der Waals surface area contributed by atoms with Crippen molar-refractivity contribution in [1.82, 2.24) is 5.32 Å². The molecule has 1 atom stereocenters. The van der Waals surface area contributed by atoms with Crippen molar-refractivity contribution in [1.29, 1.82) is 5.41 Å². The van der Waals surface area contributed by atoms with Crippen LogP contribution in [0.4, 0.5) is 4.79 Å². The van der Waals surface area contributed by atoms with Gasteiger partial charge in [-0.25, -0.2) is 4.79 Å². The molecule has 0 rings (SSSR count). The largest absolute Gasteiger partial charge is 0.385 e. The summed E-state index contributed by atoms with van der Waals surface area (Å²) < 4.78 is 0. The molecule has 0 heterocycles. The van der Waals surface area contributed by atoms with E-state index in [0.717, 1.165) is 0 Å². The molecule has 70 valence electrons. The Labute approximate surface area is 79.5 Å². The summed E-state index contributed by atoms with van der Waals surface area (Å²) in [5.74, 6) is -0.552. The van der Waals surface area contributed by atoms with Gasteiger partial charge in [0.25, 0.3) is 5.24 Å². The molecule has 0 bridgehead atoms. The van der Waals surface area contributed by atoms with Gasteiger partial charge >= 0.3 is 6.03 Å². The Hall–Kier alpha value is -1.01. The van der Waals surface area contributed by atoms with Gasteiger partial charge in [-0.2, -0.15) is 0 Å². The van der Waals surface area contributed by atoms with Gasteiger partial charge in [-0.15, -0.1) is 12.4 Å². The van der Waals surface area contributed by atoms with Gasteiger partial charge in [0.15, 0.2) is 6.04 Å². The molecule has 0 aliphatic heterocycles. The minimum absolute atomic E-state index is 0. The highest BCUT2D eigenvalue weighted by molar-refractivity contribution is 6.66. The van der Waals surface area contributed by atoms with Crippen LogP contribution in [0.5, 0.6) is 0 Å². The van der Waals surface area contributed by atoms with Crippen LogP contribution in [0.1, 0.15) is 0 Å². The molecular weight excluding hydrogens is 207 g/mol. The van der Waals surface area contributed by atoms with Crippen LogP contribution in [0.25, 0.3) is 0 Å². The lowest BCUT2D eigenvalue weighted by Gasteiger charge is -2.09. The fourth-order valence-corrected chi connectivity index (χ4v) is 0.571. The second kappa shape index (κ2) is 5.62. The van der Waals surface area contributed by atoms with Crippen molar-refractivity contribution in [2.75, 3.05) is 0 Å². The summed E-state index contributed by atoms with van der Waals surface area (Å²) in [6, 6.07) is -2.28. The minimum Gasteiger partial charge on any atom is -0.385 e. The van der Waals surface area contributed by atoms with Crippen LogP contribution in [0.3, 0.4) is 0 Å². The summed E-state index contributed by atoms with van der Waals surface area (Å²) in [7, 11) is 0. The van der Waals surface area contributed by atoms with E-state index in [2.05, 4.69) is 5.73 Å². The highest BCUT2D eigenvalue weighted by Gasteiger charge is 2.20. The first-order valence-electron chi connectivity index (χ1n) is 2.54. The van der Waals surface area contributed by atoms with Crippen LogP contribution in [-0.4, -0.2) is 23.2 Å². The number of carbonyl (C=O) groups is 2. The van der Waals surface area contributed by atoms with Crippen LogP contribution in [0.15, 0.2) is 0 Å². The normalized spacial score (nSPS) is 10.8. The molecule has 0 aliphatic carbocycles. The van der Waals surface area contributed by atoms with Gasteiger partial charge < -0.3 is 16.8 Å². The van der Waals surface area contributed by atoms with Crippen molar-refractivity contribution in [2.45, 2.75) is 6.04 Å². The van der Waals surface area contributed by atoms with Crippen LogP contribution in [-0.2, 0) is 4.79 Å². The quantitative estimate of drug-likeness (QED) is 0.278. The lowest BCUT2D eigenvalue weighted by Crippen LogP contribution is -2.49. The number of rotatable bonds is 3. The lowest BCUT2D eigenvalue weighted by atomic mass is 10.3. The van der Waals surface area contributed by atoms with Crippen molar-refractivity contribution in [3.63, 3.8) is 0 Å². The molecule has 12 heavy (non-hydrogen) atoms. The number of urea groups is 1. The van der Waals surface area contributed by atoms with Crippen LogP contribution < -0.4 is 16.8 Å². The van der Waals surface area contributed by atoms with Crippen molar-refractivity contribution in [2.24, 2.45) is 11.5 Å². The Morgan fingerprint density at radius 3 is 1.92 bits per heavy atom. The van der Waals surface area contributed by atoms with E-state index in [9.17, 15) is 9.59 Å². The highest BCUT2D eigenvalue weighted by Crippen LogP contribution is 1.89. The van der Waals surface area contributed by atoms with Gasteiger partial charge in [-0.05, 0) is 11.6 Å². The zero-order valence-corrected chi connectivity index (χ0v) is 7.41. The second-order valence-corrected chi connectivity index (χ2v) is 2.07. The molecule has 1 unspecified atom stereocenters. The zero-order chi connectivity index (χ0) is 9.02. The Kier molecular flexibility index (Phi) is 6.35. The molecule has 8 heteroatoms. The molecule has 6 nitrogen and oxygen atoms in total. The van der Waals surface area contributed by atoms with E-state index < -0.39 is 23.2 Å². The fourth-order valence-electron chi connectivity index (χ4n) is 0.399. The molecule has 0 aromatic heterocycles. The SMILES string of the molecule is Cl.N=C(N)C(NC(N)=O)C(=O)Cl. The number of carbonyl (C=O) groups excluding carboxylic acids is 2. The van der Waals surface area contributed by atoms with E-state index in [1.54, 1.807) is 0 Å². The van der Waals surface area contributed by atoms with E-state index >= 15 is 0 Å². The van der Waals surface area contributed by atoms with E-state index in [1.807, 2.05) is 5.32 Å². The van der Waals surface area contributed by atoms with Crippen molar-refractivity contribution in [3.05, 3.63) is 0 Å². The third kappa shape index (κ3) is 4.75. The summed E-state index contributed by atoms with van der Waals surface area (Å²) in [5.41, 5.74) is 9.55. The number of nitrogens with one attached hydrogen (secondary N) is 2. The van der Waals surface area contributed by atoms with Crippen LogP contribution >= 0.6 is 24.0 Å². The number of hydrogen-bond donors (Lipinski definition) is 4. The maximum atomic E-state index is 10.4. The Morgan fingerprint density at radius 1 is 1.42 bits per heavy atom. The van der Waals surface area contributed by atoms with Crippen LogP contribution in [0, 0.1) is 5.41 Å². The molecule has 0 radical (unpaired) electrons. The van der Waals surface area contributed by atoms with Gasteiger partial charge in [-0.3, -0.25) is 10.2 Å². The molecule has 2 amide bonds. The van der Waals surface area contributed by atoms with Gasteiger partial charge in [-0.1, -0.05) is 0 Å². The van der Waals surface area contributed by atoms with Crippen molar-refractivity contribution >= 4 is 41.1 Å². The highest BCUT2D eigenvalue weighted by atomic mass is 35.5. The summed E-state index contributed by atoms with van der Waals surface area (Å²) in [6.45, 7) is 0. The summed E-state index contributed by atoms with van der Waals surface area (Å²) in [6.07, 6.45) is 0. The lowest BCUT2D eigenvalue weighted by molar-refractivity contribution is -0.112. The first kappa shape index (κ1) is 13.6. The average Bonchev–Trinajstić information content (AvgIpc) is 1.81. The van der Waals surface area contributed by atoms with E-state index in [-0.39, 0.29) is 12.4 Å². The van der Waals surface area contributed by atoms with Crippen LogP contribution in [0.2, 0.25) is 0 Å². The predicted octanol–water partition coefficient (Wildman–Crippen LogP) is -0.854.